The Labute approximate surface area is 267 Å². The predicted molar refractivity (Wildman–Crippen MR) is 181 cm³/mol. The maximum absolute atomic E-state index is 13.4. The van der Waals surface area contributed by atoms with Crippen molar-refractivity contribution in [3.05, 3.63) is 91.5 Å². The molecule has 0 spiro atoms. The van der Waals surface area contributed by atoms with E-state index in [1.165, 1.54) is 27.8 Å². The zero-order chi connectivity index (χ0) is 31.8. The minimum absolute atomic E-state index is 0.0705. The maximum Gasteiger partial charge on any atom is 0.293 e. The van der Waals surface area contributed by atoms with Gasteiger partial charge in [0, 0.05) is 55.2 Å². The first kappa shape index (κ1) is 30.7. The minimum Gasteiger partial charge on any atom is -0.343 e. The second-order valence-corrected chi connectivity index (χ2v) is 13.3. The summed E-state index contributed by atoms with van der Waals surface area (Å²) in [4.78, 5) is 49.9. The number of benzene rings is 2. The molecule has 2 aliphatic rings. The Balaban J connectivity index is 1.23. The summed E-state index contributed by atoms with van der Waals surface area (Å²) in [6.07, 6.45) is 6.22. The standard InChI is InChI=1S/C35H40N6O3S/c1-6-22-9-7-10-24-19-29(45-31(22)24)33(42)38-27-12-8-11-26(21(27)2)28-20-41(5)35(44)32(37-28)36-25-15-13-23(14-16-25)30-34(43)40(4)18-17-39(30)3/h8,11-16,19-20,22,30H,6-7,9-10,17-18H2,1-5H3,(H,36,37)(H,38,42)/t22-,30+/m1/s1. The molecule has 2 N–H and O–H groups in total. The fraction of sp³-hybridized carbons (Fsp3) is 0.371. The van der Waals surface area contributed by atoms with Crippen LogP contribution in [0.2, 0.25) is 0 Å². The lowest BCUT2D eigenvalue weighted by Gasteiger charge is -2.37. The van der Waals surface area contributed by atoms with Crippen molar-refractivity contribution in [3.8, 4) is 11.3 Å². The molecule has 4 aromatic rings. The third-order valence-electron chi connectivity index (χ3n) is 9.19. The fourth-order valence-electron chi connectivity index (χ4n) is 6.43. The van der Waals surface area contributed by atoms with Crippen LogP contribution in [0.5, 0.6) is 0 Å². The molecule has 2 atom stereocenters. The third kappa shape index (κ3) is 6.04. The smallest absolute Gasteiger partial charge is 0.293 e. The van der Waals surface area contributed by atoms with Crippen molar-refractivity contribution in [3.63, 3.8) is 0 Å². The molecule has 1 fully saturated rings. The molecule has 1 aliphatic heterocycles. The van der Waals surface area contributed by atoms with E-state index < -0.39 is 0 Å². The molecule has 1 aliphatic carbocycles. The molecule has 1 saturated heterocycles. The van der Waals surface area contributed by atoms with Gasteiger partial charge in [-0.2, -0.15) is 0 Å². The first-order chi connectivity index (χ1) is 21.6. The SMILES string of the molecule is CC[C@@H]1CCCc2cc(C(=O)Nc3cccc(-c4cn(C)c(=O)c(Nc5ccc([C@H]6C(=O)N(C)CCN6C)cc5)n4)c3C)sc21. The van der Waals surface area contributed by atoms with E-state index in [9.17, 15) is 14.4 Å². The zero-order valence-electron chi connectivity index (χ0n) is 26.5. The van der Waals surface area contributed by atoms with Gasteiger partial charge in [-0.3, -0.25) is 19.3 Å². The number of amides is 2. The number of rotatable bonds is 7. The van der Waals surface area contributed by atoms with Crippen molar-refractivity contribution in [1.29, 1.82) is 0 Å². The lowest BCUT2D eigenvalue weighted by Crippen LogP contribution is -2.48. The van der Waals surface area contributed by atoms with E-state index in [0.717, 1.165) is 41.0 Å². The van der Waals surface area contributed by atoms with Crippen LogP contribution in [0.25, 0.3) is 11.3 Å². The van der Waals surface area contributed by atoms with Gasteiger partial charge in [0.15, 0.2) is 5.82 Å². The summed E-state index contributed by atoms with van der Waals surface area (Å²) >= 11 is 1.63. The summed E-state index contributed by atoms with van der Waals surface area (Å²) in [6.45, 7) is 5.69. The molecule has 0 bridgehead atoms. The van der Waals surface area contributed by atoms with Crippen LogP contribution in [-0.2, 0) is 18.3 Å². The minimum atomic E-state index is -0.332. The number of piperazine rings is 1. The number of hydrogen-bond acceptors (Lipinski definition) is 7. The van der Waals surface area contributed by atoms with E-state index in [2.05, 4.69) is 28.5 Å². The van der Waals surface area contributed by atoms with E-state index in [4.69, 9.17) is 4.98 Å². The lowest BCUT2D eigenvalue weighted by molar-refractivity contribution is -0.139. The number of carbonyl (C=O) groups is 2. The van der Waals surface area contributed by atoms with Crippen LogP contribution in [0.1, 0.15) is 69.4 Å². The number of hydrogen-bond donors (Lipinski definition) is 2. The molecule has 2 amide bonds. The molecule has 0 saturated carbocycles. The average molecular weight is 625 g/mol. The first-order valence-electron chi connectivity index (χ1n) is 15.6. The van der Waals surface area contributed by atoms with Crippen molar-refractivity contribution < 1.29 is 9.59 Å². The Hall–Kier alpha value is -4.28. The number of likely N-dealkylation sites (N-methyl/N-ethyl adjacent to an activating group) is 2. The van der Waals surface area contributed by atoms with Gasteiger partial charge in [0.2, 0.25) is 5.91 Å². The van der Waals surface area contributed by atoms with Crippen LogP contribution < -0.4 is 16.2 Å². The van der Waals surface area contributed by atoms with E-state index in [0.29, 0.717) is 29.5 Å². The van der Waals surface area contributed by atoms with Crippen molar-refractivity contribution in [2.75, 3.05) is 37.8 Å². The summed E-state index contributed by atoms with van der Waals surface area (Å²) in [5.74, 6) is 0.709. The van der Waals surface area contributed by atoms with Gasteiger partial charge in [0.05, 0.1) is 10.6 Å². The lowest BCUT2D eigenvalue weighted by atomic mass is 9.88. The number of fused-ring (bicyclic) bond motifs is 1. The Morgan fingerprint density at radius 2 is 1.84 bits per heavy atom. The van der Waals surface area contributed by atoms with Crippen LogP contribution in [0.15, 0.2) is 59.5 Å². The number of aryl methyl sites for hydroxylation is 2. The summed E-state index contributed by atoms with van der Waals surface area (Å²) in [5, 5.41) is 6.31. The van der Waals surface area contributed by atoms with Gasteiger partial charge in [0.25, 0.3) is 11.5 Å². The molecule has 234 valence electrons. The van der Waals surface area contributed by atoms with E-state index in [1.54, 1.807) is 29.5 Å². The first-order valence-corrected chi connectivity index (χ1v) is 16.4. The molecular formula is C35H40N6O3S. The Kier molecular flexibility index (Phi) is 8.61. The van der Waals surface area contributed by atoms with E-state index in [-0.39, 0.29) is 29.2 Å². The largest absolute Gasteiger partial charge is 0.343 e. The highest BCUT2D eigenvalue weighted by atomic mass is 32.1. The quantitative estimate of drug-likeness (QED) is 0.258. The van der Waals surface area contributed by atoms with Gasteiger partial charge in [-0.1, -0.05) is 31.2 Å². The second kappa shape index (κ2) is 12.6. The van der Waals surface area contributed by atoms with Gasteiger partial charge in [-0.25, -0.2) is 4.98 Å². The summed E-state index contributed by atoms with van der Waals surface area (Å²) in [7, 11) is 5.49. The number of nitrogens with one attached hydrogen (secondary N) is 2. The summed E-state index contributed by atoms with van der Waals surface area (Å²) in [5.41, 5.74) is 5.66. The van der Waals surface area contributed by atoms with Gasteiger partial charge < -0.3 is 20.1 Å². The highest BCUT2D eigenvalue weighted by molar-refractivity contribution is 7.14. The van der Waals surface area contributed by atoms with Crippen LogP contribution in [0, 0.1) is 6.92 Å². The van der Waals surface area contributed by atoms with Crippen molar-refractivity contribution >= 4 is 40.3 Å². The normalized spacial score (nSPS) is 18.5. The van der Waals surface area contributed by atoms with E-state index >= 15 is 0 Å². The van der Waals surface area contributed by atoms with Crippen LogP contribution in [0.3, 0.4) is 0 Å². The number of anilines is 3. The molecule has 3 heterocycles. The predicted octanol–water partition coefficient (Wildman–Crippen LogP) is 6.09. The number of nitrogens with zero attached hydrogens (tertiary/aromatic N) is 4. The van der Waals surface area contributed by atoms with Crippen molar-refractivity contribution in [2.45, 2.75) is 51.5 Å². The number of thiophene rings is 1. The molecule has 45 heavy (non-hydrogen) atoms. The molecule has 2 aromatic carbocycles. The van der Waals surface area contributed by atoms with Crippen LogP contribution in [0.4, 0.5) is 17.2 Å². The molecular weight excluding hydrogens is 584 g/mol. The molecule has 6 rings (SSSR count). The highest BCUT2D eigenvalue weighted by Gasteiger charge is 2.32. The van der Waals surface area contributed by atoms with Gasteiger partial charge in [-0.15, -0.1) is 11.3 Å². The average Bonchev–Trinajstić information content (AvgIpc) is 3.48. The van der Waals surface area contributed by atoms with Crippen molar-refractivity contribution in [2.24, 2.45) is 7.05 Å². The Morgan fingerprint density at radius 1 is 1.07 bits per heavy atom. The zero-order valence-corrected chi connectivity index (χ0v) is 27.3. The Bertz CT molecular complexity index is 1810. The van der Waals surface area contributed by atoms with Gasteiger partial charge in [-0.05, 0) is 86.5 Å². The van der Waals surface area contributed by atoms with E-state index in [1.807, 2.05) is 63.5 Å². The van der Waals surface area contributed by atoms with Crippen LogP contribution in [-0.4, -0.2) is 58.4 Å². The summed E-state index contributed by atoms with van der Waals surface area (Å²) < 4.78 is 1.51. The molecule has 0 radical (unpaired) electrons. The molecule has 9 nitrogen and oxygen atoms in total. The molecule has 0 unspecified atom stereocenters. The van der Waals surface area contributed by atoms with Crippen LogP contribution >= 0.6 is 11.3 Å². The molecule has 10 heteroatoms. The van der Waals surface area contributed by atoms with Crippen molar-refractivity contribution in [1.82, 2.24) is 19.4 Å². The highest BCUT2D eigenvalue weighted by Crippen LogP contribution is 2.40. The van der Waals surface area contributed by atoms with Gasteiger partial charge >= 0.3 is 0 Å². The topological polar surface area (TPSA) is 99.6 Å². The monoisotopic (exact) mass is 624 g/mol. The van der Waals surface area contributed by atoms with Gasteiger partial charge in [0.1, 0.15) is 6.04 Å². The molecule has 2 aromatic heterocycles. The fourth-order valence-corrected chi connectivity index (χ4v) is 7.76. The third-order valence-corrected chi connectivity index (χ3v) is 10.5. The second-order valence-electron chi connectivity index (χ2n) is 12.2. The maximum atomic E-state index is 13.4. The number of aromatic nitrogens is 2. The Morgan fingerprint density at radius 3 is 2.60 bits per heavy atom. The summed E-state index contributed by atoms with van der Waals surface area (Å²) in [6, 6.07) is 15.0. The number of carbonyl (C=O) groups excluding carboxylic acids is 2.